The first-order valence-electron chi connectivity index (χ1n) is 5.40. The summed E-state index contributed by atoms with van der Waals surface area (Å²) >= 11 is 0. The van der Waals surface area contributed by atoms with E-state index in [0.717, 1.165) is 0 Å². The van der Waals surface area contributed by atoms with Crippen molar-refractivity contribution in [3.8, 4) is 0 Å². The van der Waals surface area contributed by atoms with E-state index in [-0.39, 0.29) is 0 Å². The highest BCUT2D eigenvalue weighted by Gasteiger charge is 2.09. The molecule has 0 bridgehead atoms. The van der Waals surface area contributed by atoms with Gasteiger partial charge in [0.25, 0.3) is 0 Å². The summed E-state index contributed by atoms with van der Waals surface area (Å²) in [6, 6.07) is 1.64. The molecule has 0 unspecified atom stereocenters. The summed E-state index contributed by atoms with van der Waals surface area (Å²) in [6.45, 7) is 1.03. The standard InChI is InChI=1S/C11H14N4O3/c1-15-7-13-10(14-15)5-12-4-9-3-8(6-18-9)11(16)17-2/h3,6-7,12H,4-5H2,1-2H3. The van der Waals surface area contributed by atoms with Crippen LogP contribution in [0.3, 0.4) is 0 Å². The Hall–Kier alpha value is -2.15. The van der Waals surface area contributed by atoms with Crippen molar-refractivity contribution in [2.75, 3.05) is 7.11 Å². The van der Waals surface area contributed by atoms with Crippen LogP contribution < -0.4 is 5.32 Å². The topological polar surface area (TPSA) is 82.2 Å². The SMILES string of the molecule is COC(=O)c1coc(CNCc2ncn(C)n2)c1. The van der Waals surface area contributed by atoms with Crippen LogP contribution in [0, 0.1) is 0 Å². The van der Waals surface area contributed by atoms with Gasteiger partial charge in [0.05, 0.1) is 25.8 Å². The van der Waals surface area contributed by atoms with E-state index in [2.05, 4.69) is 20.1 Å². The largest absolute Gasteiger partial charge is 0.467 e. The third-order valence-electron chi connectivity index (χ3n) is 2.30. The first kappa shape index (κ1) is 12.3. The van der Waals surface area contributed by atoms with Gasteiger partial charge >= 0.3 is 5.97 Å². The number of nitrogens with zero attached hydrogens (tertiary/aromatic N) is 3. The van der Waals surface area contributed by atoms with Crippen molar-refractivity contribution in [1.82, 2.24) is 20.1 Å². The predicted molar refractivity (Wildman–Crippen MR) is 61.6 cm³/mol. The number of furan rings is 1. The molecule has 0 atom stereocenters. The minimum Gasteiger partial charge on any atom is -0.467 e. The van der Waals surface area contributed by atoms with Gasteiger partial charge in [-0.15, -0.1) is 0 Å². The first-order valence-corrected chi connectivity index (χ1v) is 5.40. The summed E-state index contributed by atoms with van der Waals surface area (Å²) < 4.78 is 11.4. The van der Waals surface area contributed by atoms with Crippen molar-refractivity contribution in [3.05, 3.63) is 35.8 Å². The Bertz CT molecular complexity index is 532. The number of carbonyl (C=O) groups excluding carboxylic acids is 1. The summed E-state index contributed by atoms with van der Waals surface area (Å²) in [6.07, 6.45) is 3.02. The van der Waals surface area contributed by atoms with Crippen molar-refractivity contribution < 1.29 is 13.9 Å². The third-order valence-corrected chi connectivity index (χ3v) is 2.30. The minimum absolute atomic E-state index is 0.406. The molecule has 0 aliphatic rings. The van der Waals surface area contributed by atoms with Crippen LogP contribution >= 0.6 is 0 Å². The highest BCUT2D eigenvalue weighted by atomic mass is 16.5. The minimum atomic E-state index is -0.406. The number of hydrogen-bond acceptors (Lipinski definition) is 6. The van der Waals surface area contributed by atoms with Crippen LogP contribution in [0.15, 0.2) is 23.1 Å². The molecule has 2 aromatic rings. The van der Waals surface area contributed by atoms with Crippen molar-refractivity contribution in [3.63, 3.8) is 0 Å². The summed E-state index contributed by atoms with van der Waals surface area (Å²) in [7, 11) is 3.14. The monoisotopic (exact) mass is 250 g/mol. The van der Waals surface area contributed by atoms with Gasteiger partial charge in [-0.1, -0.05) is 0 Å². The molecule has 0 radical (unpaired) electrons. The summed E-state index contributed by atoms with van der Waals surface area (Å²) in [5.41, 5.74) is 0.408. The zero-order chi connectivity index (χ0) is 13.0. The average molecular weight is 250 g/mol. The third kappa shape index (κ3) is 2.95. The maximum Gasteiger partial charge on any atom is 0.341 e. The van der Waals surface area contributed by atoms with Crippen LogP contribution in [-0.4, -0.2) is 27.8 Å². The lowest BCUT2D eigenvalue weighted by molar-refractivity contribution is 0.0600. The maximum absolute atomic E-state index is 11.2. The number of esters is 1. The predicted octanol–water partition coefficient (Wildman–Crippen LogP) is 0.484. The quantitative estimate of drug-likeness (QED) is 0.777. The van der Waals surface area contributed by atoms with Crippen LogP contribution in [0.5, 0.6) is 0 Å². The molecule has 0 saturated heterocycles. The molecule has 0 aromatic carbocycles. The molecule has 7 heteroatoms. The highest BCUT2D eigenvalue weighted by molar-refractivity contribution is 5.88. The Balaban J connectivity index is 1.83. The average Bonchev–Trinajstić information content (AvgIpc) is 2.98. The number of aromatic nitrogens is 3. The van der Waals surface area contributed by atoms with Gasteiger partial charge < -0.3 is 14.5 Å². The Morgan fingerprint density at radius 1 is 1.56 bits per heavy atom. The number of ether oxygens (including phenoxy) is 1. The van der Waals surface area contributed by atoms with Gasteiger partial charge in [-0.2, -0.15) is 5.10 Å². The molecule has 0 aliphatic carbocycles. The normalized spacial score (nSPS) is 10.6. The van der Waals surface area contributed by atoms with E-state index in [1.807, 2.05) is 7.05 Å². The zero-order valence-electron chi connectivity index (χ0n) is 10.2. The number of nitrogens with one attached hydrogen (secondary N) is 1. The fourth-order valence-electron chi connectivity index (χ4n) is 1.46. The smallest absolute Gasteiger partial charge is 0.341 e. The van der Waals surface area contributed by atoms with E-state index < -0.39 is 5.97 Å². The molecular weight excluding hydrogens is 236 g/mol. The van der Waals surface area contributed by atoms with Crippen LogP contribution in [0.1, 0.15) is 21.9 Å². The first-order chi connectivity index (χ1) is 8.69. The van der Waals surface area contributed by atoms with Crippen LogP contribution in [-0.2, 0) is 24.9 Å². The molecule has 2 rings (SSSR count). The molecule has 0 amide bonds. The summed E-state index contributed by atoms with van der Waals surface area (Å²) in [5.74, 6) is 0.958. The van der Waals surface area contributed by atoms with Gasteiger partial charge in [-0.05, 0) is 6.07 Å². The molecule has 96 valence electrons. The number of carbonyl (C=O) groups is 1. The Labute approximate surface area is 104 Å². The molecule has 7 nitrogen and oxygen atoms in total. The van der Waals surface area contributed by atoms with E-state index >= 15 is 0 Å². The Morgan fingerprint density at radius 2 is 2.39 bits per heavy atom. The van der Waals surface area contributed by atoms with Gasteiger partial charge in [0.1, 0.15) is 18.4 Å². The highest BCUT2D eigenvalue weighted by Crippen LogP contribution is 2.08. The van der Waals surface area contributed by atoms with Crippen molar-refractivity contribution in [1.29, 1.82) is 0 Å². The maximum atomic E-state index is 11.2. The number of methoxy groups -OCH3 is 1. The van der Waals surface area contributed by atoms with Crippen LogP contribution in [0.4, 0.5) is 0 Å². The Kier molecular flexibility index (Phi) is 3.73. The second-order valence-electron chi connectivity index (χ2n) is 3.73. The molecule has 2 heterocycles. The van der Waals surface area contributed by atoms with Gasteiger partial charge in [0, 0.05) is 7.05 Å². The lowest BCUT2D eigenvalue weighted by atomic mass is 10.3. The molecule has 2 aromatic heterocycles. The van der Waals surface area contributed by atoms with E-state index in [1.165, 1.54) is 13.4 Å². The molecule has 1 N–H and O–H groups in total. The van der Waals surface area contributed by atoms with E-state index in [1.54, 1.807) is 17.1 Å². The van der Waals surface area contributed by atoms with Crippen molar-refractivity contribution in [2.45, 2.75) is 13.1 Å². The number of rotatable bonds is 5. The number of hydrogen-bond donors (Lipinski definition) is 1. The Morgan fingerprint density at radius 3 is 3.06 bits per heavy atom. The second kappa shape index (κ2) is 5.46. The van der Waals surface area contributed by atoms with Gasteiger partial charge in [-0.25, -0.2) is 9.78 Å². The van der Waals surface area contributed by atoms with Crippen molar-refractivity contribution >= 4 is 5.97 Å². The molecule has 0 fully saturated rings. The molecule has 0 aliphatic heterocycles. The van der Waals surface area contributed by atoms with Crippen LogP contribution in [0.25, 0.3) is 0 Å². The van der Waals surface area contributed by atoms with Gasteiger partial charge in [-0.3, -0.25) is 4.68 Å². The van der Waals surface area contributed by atoms with E-state index in [4.69, 9.17) is 4.42 Å². The molecule has 0 spiro atoms. The summed E-state index contributed by atoms with van der Waals surface area (Å²) in [4.78, 5) is 15.3. The van der Waals surface area contributed by atoms with E-state index in [0.29, 0.717) is 30.2 Å². The lowest BCUT2D eigenvalue weighted by Gasteiger charge is -1.97. The van der Waals surface area contributed by atoms with E-state index in [9.17, 15) is 4.79 Å². The molecule has 0 saturated carbocycles. The molecule has 18 heavy (non-hydrogen) atoms. The van der Waals surface area contributed by atoms with Crippen LogP contribution in [0.2, 0.25) is 0 Å². The fraction of sp³-hybridized carbons (Fsp3) is 0.364. The molecular formula is C11H14N4O3. The zero-order valence-corrected chi connectivity index (χ0v) is 10.2. The van der Waals surface area contributed by atoms with Gasteiger partial charge in [0.2, 0.25) is 0 Å². The lowest BCUT2D eigenvalue weighted by Crippen LogP contribution is -2.13. The van der Waals surface area contributed by atoms with Gasteiger partial charge in [0.15, 0.2) is 5.82 Å². The second-order valence-corrected chi connectivity index (χ2v) is 3.73. The number of aryl methyl sites for hydroxylation is 1. The summed E-state index contributed by atoms with van der Waals surface area (Å²) in [5, 5.41) is 7.24. The fourth-order valence-corrected chi connectivity index (χ4v) is 1.46. The van der Waals surface area contributed by atoms with Crippen molar-refractivity contribution in [2.24, 2.45) is 7.05 Å².